The van der Waals surface area contributed by atoms with E-state index in [4.69, 9.17) is 9.47 Å². The maximum Gasteiger partial charge on any atom is 0.248 e. The maximum absolute atomic E-state index is 13.5. The number of halogens is 3. The van der Waals surface area contributed by atoms with Gasteiger partial charge in [-0.2, -0.15) is 0 Å². The molecule has 0 bridgehead atoms. The molecule has 0 aliphatic carbocycles. The van der Waals surface area contributed by atoms with Crippen molar-refractivity contribution in [2.45, 2.75) is 0 Å². The number of ether oxygens (including phenoxy) is 2. The Morgan fingerprint density at radius 3 is 2.65 bits per heavy atom. The lowest BCUT2D eigenvalue weighted by Crippen LogP contribution is -2.10. The molecule has 0 fully saturated rings. The number of amides is 1. The largest absolute Gasteiger partial charge is 0.454 e. The summed E-state index contributed by atoms with van der Waals surface area (Å²) in [5.41, 5.74) is 0.222. The number of nitrogens with one attached hydrogen (secondary N) is 1. The van der Waals surface area contributed by atoms with Crippen LogP contribution in [0.25, 0.3) is 6.08 Å². The zero-order chi connectivity index (χ0) is 16.4. The van der Waals surface area contributed by atoms with E-state index >= 15 is 0 Å². The molecule has 0 spiro atoms. The van der Waals surface area contributed by atoms with E-state index in [9.17, 15) is 18.0 Å². The van der Waals surface area contributed by atoms with E-state index in [-0.39, 0.29) is 6.79 Å². The molecule has 1 aliphatic rings. The smallest absolute Gasteiger partial charge is 0.248 e. The van der Waals surface area contributed by atoms with Gasteiger partial charge in [-0.15, -0.1) is 0 Å². The van der Waals surface area contributed by atoms with Crippen LogP contribution in [-0.2, 0) is 4.79 Å². The number of benzene rings is 2. The lowest BCUT2D eigenvalue weighted by atomic mass is 10.2. The molecule has 2 aromatic carbocycles. The number of carbonyl (C=O) groups excluding carboxylic acids is 1. The Kier molecular flexibility index (Phi) is 3.92. The molecule has 2 aromatic rings. The highest BCUT2D eigenvalue weighted by Crippen LogP contribution is 2.32. The Labute approximate surface area is 129 Å². The van der Waals surface area contributed by atoms with Crippen LogP contribution in [-0.4, -0.2) is 12.7 Å². The molecule has 0 saturated carbocycles. The molecule has 3 rings (SSSR count). The molecule has 0 aromatic heterocycles. The first-order valence-corrected chi connectivity index (χ1v) is 6.57. The molecule has 0 saturated heterocycles. The molecule has 7 heteroatoms. The van der Waals surface area contributed by atoms with Crippen molar-refractivity contribution in [1.82, 2.24) is 0 Å². The van der Waals surface area contributed by atoms with E-state index in [1.807, 2.05) is 0 Å². The van der Waals surface area contributed by atoms with Crippen LogP contribution in [0.15, 0.2) is 36.4 Å². The Morgan fingerprint density at radius 2 is 1.83 bits per heavy atom. The lowest BCUT2D eigenvalue weighted by Gasteiger charge is -2.05. The fraction of sp³-hybridized carbons (Fsp3) is 0.0625. The molecular weight excluding hydrogens is 311 g/mol. The van der Waals surface area contributed by atoms with Crippen molar-refractivity contribution in [2.24, 2.45) is 0 Å². The van der Waals surface area contributed by atoms with E-state index in [1.54, 1.807) is 18.2 Å². The number of anilines is 1. The Hall–Kier alpha value is -2.96. The fourth-order valence-electron chi connectivity index (χ4n) is 1.99. The highest BCUT2D eigenvalue weighted by atomic mass is 19.2. The molecular formula is C16H10F3NO3. The second-order valence-corrected chi connectivity index (χ2v) is 4.66. The van der Waals surface area contributed by atoms with Gasteiger partial charge in [0.2, 0.25) is 12.7 Å². The monoisotopic (exact) mass is 321 g/mol. The van der Waals surface area contributed by atoms with Crippen molar-refractivity contribution < 1.29 is 27.4 Å². The van der Waals surface area contributed by atoms with Gasteiger partial charge >= 0.3 is 0 Å². The Morgan fingerprint density at radius 1 is 1.04 bits per heavy atom. The summed E-state index contributed by atoms with van der Waals surface area (Å²) in [5, 5.41) is 2.14. The summed E-state index contributed by atoms with van der Waals surface area (Å²) in [4.78, 5) is 11.7. The molecule has 1 heterocycles. The molecule has 0 radical (unpaired) electrons. The van der Waals surface area contributed by atoms with Gasteiger partial charge in [-0.05, 0) is 35.9 Å². The number of carbonyl (C=O) groups is 1. The van der Waals surface area contributed by atoms with E-state index in [0.717, 1.165) is 18.2 Å². The minimum atomic E-state index is -1.64. The predicted molar refractivity (Wildman–Crippen MR) is 76.5 cm³/mol. The van der Waals surface area contributed by atoms with E-state index in [1.165, 1.54) is 6.08 Å². The topological polar surface area (TPSA) is 47.6 Å². The maximum atomic E-state index is 13.5. The molecule has 23 heavy (non-hydrogen) atoms. The van der Waals surface area contributed by atoms with Gasteiger partial charge in [-0.1, -0.05) is 6.07 Å². The first-order chi connectivity index (χ1) is 11.0. The number of hydrogen-bond acceptors (Lipinski definition) is 3. The van der Waals surface area contributed by atoms with E-state index < -0.39 is 29.0 Å². The van der Waals surface area contributed by atoms with Crippen molar-refractivity contribution in [1.29, 1.82) is 0 Å². The van der Waals surface area contributed by atoms with Gasteiger partial charge in [0.15, 0.2) is 29.0 Å². The average Bonchev–Trinajstić information content (AvgIpc) is 3.01. The fourth-order valence-corrected chi connectivity index (χ4v) is 1.99. The van der Waals surface area contributed by atoms with Crippen molar-refractivity contribution in [3.63, 3.8) is 0 Å². The second-order valence-electron chi connectivity index (χ2n) is 4.66. The van der Waals surface area contributed by atoms with Gasteiger partial charge in [0.1, 0.15) is 0 Å². The first-order valence-electron chi connectivity index (χ1n) is 6.57. The van der Waals surface area contributed by atoms with Gasteiger partial charge in [0.05, 0.1) is 5.69 Å². The Bertz CT molecular complexity index is 805. The van der Waals surface area contributed by atoms with Crippen LogP contribution in [0.5, 0.6) is 11.5 Å². The number of rotatable bonds is 3. The molecule has 1 N–H and O–H groups in total. The predicted octanol–water partition coefficient (Wildman–Crippen LogP) is 3.48. The van der Waals surface area contributed by atoms with Crippen LogP contribution in [0.3, 0.4) is 0 Å². The first kappa shape index (κ1) is 15.0. The average molecular weight is 321 g/mol. The zero-order valence-electron chi connectivity index (χ0n) is 11.6. The summed E-state index contributed by atoms with van der Waals surface area (Å²) in [6.45, 7) is 0.137. The van der Waals surface area contributed by atoms with Crippen molar-refractivity contribution in [2.75, 3.05) is 12.1 Å². The van der Waals surface area contributed by atoms with Gasteiger partial charge < -0.3 is 14.8 Å². The molecule has 1 amide bonds. The minimum absolute atomic E-state index is 0.137. The summed E-state index contributed by atoms with van der Waals surface area (Å²) in [7, 11) is 0. The zero-order valence-corrected chi connectivity index (χ0v) is 11.6. The summed E-state index contributed by atoms with van der Waals surface area (Å²) in [6.07, 6.45) is 2.60. The highest BCUT2D eigenvalue weighted by molar-refractivity contribution is 6.02. The third-order valence-corrected chi connectivity index (χ3v) is 3.12. The summed E-state index contributed by atoms with van der Waals surface area (Å²) in [6, 6.07) is 6.74. The lowest BCUT2D eigenvalue weighted by molar-refractivity contribution is -0.111. The summed E-state index contributed by atoms with van der Waals surface area (Å²) >= 11 is 0. The van der Waals surface area contributed by atoms with Crippen LogP contribution in [0, 0.1) is 17.5 Å². The molecule has 0 unspecified atom stereocenters. The molecule has 1 aliphatic heterocycles. The summed E-state index contributed by atoms with van der Waals surface area (Å²) in [5.74, 6) is -3.93. The van der Waals surface area contributed by atoms with Crippen LogP contribution >= 0.6 is 0 Å². The SMILES string of the molecule is O=C(C=Cc1ccc2c(c1)OCO2)Nc1ccc(F)c(F)c1F. The van der Waals surface area contributed by atoms with Crippen molar-refractivity contribution in [3.05, 3.63) is 59.4 Å². The number of fused-ring (bicyclic) bond motifs is 1. The second kappa shape index (κ2) is 6.04. The highest BCUT2D eigenvalue weighted by Gasteiger charge is 2.15. The van der Waals surface area contributed by atoms with Gasteiger partial charge in [-0.25, -0.2) is 13.2 Å². The van der Waals surface area contributed by atoms with Gasteiger partial charge in [0.25, 0.3) is 0 Å². The van der Waals surface area contributed by atoms with Crippen LogP contribution in [0.1, 0.15) is 5.56 Å². The normalized spacial score (nSPS) is 12.7. The third-order valence-electron chi connectivity index (χ3n) is 3.12. The quantitative estimate of drug-likeness (QED) is 0.695. The molecule has 118 valence electrons. The van der Waals surface area contributed by atoms with E-state index in [2.05, 4.69) is 5.32 Å². The van der Waals surface area contributed by atoms with Crippen molar-refractivity contribution in [3.8, 4) is 11.5 Å². The van der Waals surface area contributed by atoms with Gasteiger partial charge in [-0.3, -0.25) is 4.79 Å². The van der Waals surface area contributed by atoms with E-state index in [0.29, 0.717) is 17.1 Å². The van der Waals surface area contributed by atoms with Gasteiger partial charge in [0, 0.05) is 6.08 Å². The van der Waals surface area contributed by atoms with Crippen LogP contribution in [0.4, 0.5) is 18.9 Å². The molecule has 4 nitrogen and oxygen atoms in total. The Balaban J connectivity index is 1.71. The number of hydrogen-bond donors (Lipinski definition) is 1. The third kappa shape index (κ3) is 3.13. The van der Waals surface area contributed by atoms with Crippen LogP contribution < -0.4 is 14.8 Å². The van der Waals surface area contributed by atoms with Crippen LogP contribution in [0.2, 0.25) is 0 Å². The molecule has 0 atom stereocenters. The minimum Gasteiger partial charge on any atom is -0.454 e. The van der Waals surface area contributed by atoms with Crippen molar-refractivity contribution >= 4 is 17.7 Å². The summed E-state index contributed by atoms with van der Waals surface area (Å²) < 4.78 is 49.7. The standard InChI is InChI=1S/C16H10F3NO3/c17-10-3-4-11(16(19)15(10)18)20-14(21)6-2-9-1-5-12-13(7-9)23-8-22-12/h1-7H,8H2,(H,20,21).